The van der Waals surface area contributed by atoms with Gasteiger partial charge in [0.25, 0.3) is 0 Å². The van der Waals surface area contributed by atoms with E-state index in [1.165, 1.54) is 0 Å². The summed E-state index contributed by atoms with van der Waals surface area (Å²) in [6, 6.07) is -0.987. The summed E-state index contributed by atoms with van der Waals surface area (Å²) >= 11 is 0. The summed E-state index contributed by atoms with van der Waals surface area (Å²) in [4.78, 5) is 33.6. The van der Waals surface area contributed by atoms with Gasteiger partial charge in [-0.3, -0.25) is 0 Å². The lowest BCUT2D eigenvalue weighted by Crippen LogP contribution is -2.31. The van der Waals surface area contributed by atoms with E-state index in [1.807, 2.05) is 0 Å². The average Bonchev–Trinajstić information content (AvgIpc) is 1.85. The van der Waals surface area contributed by atoms with Crippen molar-refractivity contribution in [2.75, 3.05) is 0 Å². The molecule has 0 spiro atoms. The van der Waals surface area contributed by atoms with Crippen molar-refractivity contribution in [2.24, 2.45) is 5.73 Å². The van der Waals surface area contributed by atoms with Crippen LogP contribution in [0.25, 0.3) is 0 Å². The van der Waals surface area contributed by atoms with Crippen molar-refractivity contribution < 1.29 is 19.2 Å². The molecule has 0 aliphatic carbocycles. The van der Waals surface area contributed by atoms with Crippen LogP contribution in [0.4, 0.5) is 4.79 Å². The molecule has 0 radical (unpaired) electrons. The molecule has 2 amide bonds. The van der Waals surface area contributed by atoms with Gasteiger partial charge in [-0.15, -0.1) is 0 Å². The van der Waals surface area contributed by atoms with Crippen LogP contribution >= 0.6 is 0 Å². The van der Waals surface area contributed by atoms with Crippen molar-refractivity contribution in [3.63, 3.8) is 0 Å². The highest BCUT2D eigenvalue weighted by Gasteiger charge is 2.01. The minimum Gasteiger partial charge on any atom is -0.349 e. The molecule has 0 rings (SSSR count). The normalized spacial score (nSPS) is 8.00. The molecule has 0 fully saturated rings. The van der Waals surface area contributed by atoms with Crippen LogP contribution < -0.4 is 11.2 Å². The quantitative estimate of drug-likeness (QED) is 0.287. The molecule has 0 bridgehead atoms. The second-order valence-corrected chi connectivity index (χ2v) is 1.31. The predicted octanol–water partition coefficient (Wildman–Crippen LogP) is -1.30. The molecule has 0 aliphatic rings. The van der Waals surface area contributed by atoms with Gasteiger partial charge in [0.1, 0.15) is 12.7 Å². The molecule has 0 aromatic rings. The third kappa shape index (κ3) is 4.57. The van der Waals surface area contributed by atoms with Gasteiger partial charge in [0.05, 0.1) is 0 Å². The first-order valence-corrected chi connectivity index (χ1v) is 2.35. The van der Waals surface area contributed by atoms with Crippen LogP contribution in [0.3, 0.4) is 0 Å². The van der Waals surface area contributed by atoms with E-state index in [4.69, 9.17) is 0 Å². The highest BCUT2D eigenvalue weighted by Crippen LogP contribution is 1.76. The Bertz CT molecular complexity index is 155. The third-order valence-electron chi connectivity index (χ3n) is 0.515. The maximum Gasteiger partial charge on any atom is 0.345 e. The van der Waals surface area contributed by atoms with Gasteiger partial charge in [-0.1, -0.05) is 0 Å². The summed E-state index contributed by atoms with van der Waals surface area (Å²) in [5.41, 5.74) is 6.08. The van der Waals surface area contributed by atoms with Gasteiger partial charge in [0, 0.05) is 0 Å². The van der Waals surface area contributed by atoms with E-state index in [0.29, 0.717) is 6.29 Å². The number of urea groups is 1. The van der Waals surface area contributed by atoms with E-state index in [2.05, 4.69) is 10.6 Å². The van der Waals surface area contributed by atoms with Crippen molar-refractivity contribution >= 4 is 18.3 Å². The number of carbonyl (C=O) groups excluding carboxylic acids is 3. The number of amides is 2. The van der Waals surface area contributed by atoms with E-state index in [1.54, 1.807) is 5.48 Å². The topological polar surface area (TPSA) is 98.5 Å². The van der Waals surface area contributed by atoms with Crippen LogP contribution in [0.15, 0.2) is 0 Å². The highest BCUT2D eigenvalue weighted by atomic mass is 16.7. The number of nitrogens with two attached hydrogens (primary N) is 1. The number of nitrogens with one attached hydrogen (secondary N) is 1. The summed E-state index contributed by atoms with van der Waals surface area (Å²) in [7, 11) is 0. The summed E-state index contributed by atoms with van der Waals surface area (Å²) in [6.07, 6.45) is -0.0503. The lowest BCUT2D eigenvalue weighted by Gasteiger charge is -1.97. The molecule has 0 aliphatic heterocycles. The third-order valence-corrected chi connectivity index (χ3v) is 0.515. The number of primary amides is 1. The minimum absolute atomic E-state index is 0.352. The minimum atomic E-state index is -0.987. The molecule has 0 saturated heterocycles. The molecule has 56 valence electrons. The maximum absolute atomic E-state index is 10.2. The van der Waals surface area contributed by atoms with Crippen molar-refractivity contribution in [1.82, 2.24) is 5.48 Å². The van der Waals surface area contributed by atoms with Crippen LogP contribution in [0.1, 0.15) is 6.42 Å². The SMILES string of the molecule is NC(=O)NOC(=O)CC=O. The molecule has 10 heavy (non-hydrogen) atoms. The molecule has 0 aromatic carbocycles. The van der Waals surface area contributed by atoms with Crippen LogP contribution in [-0.2, 0) is 14.4 Å². The molecular weight excluding hydrogens is 140 g/mol. The second kappa shape index (κ2) is 4.30. The molecular formula is C4H6N2O4. The Morgan fingerprint density at radius 2 is 2.20 bits per heavy atom. The van der Waals surface area contributed by atoms with Gasteiger partial charge < -0.3 is 15.4 Å². The number of carbonyl (C=O) groups is 3. The second-order valence-electron chi connectivity index (χ2n) is 1.31. The van der Waals surface area contributed by atoms with E-state index in [-0.39, 0.29) is 0 Å². The van der Waals surface area contributed by atoms with Gasteiger partial charge in [-0.05, 0) is 0 Å². The van der Waals surface area contributed by atoms with Crippen molar-refractivity contribution in [2.45, 2.75) is 6.42 Å². The van der Waals surface area contributed by atoms with E-state index >= 15 is 0 Å². The predicted molar refractivity (Wildman–Crippen MR) is 29.5 cm³/mol. The standard InChI is InChI=1S/C4H6N2O4/c5-4(9)6-10-3(8)1-2-7/h2H,1H2,(H3,5,6,9). The number of aldehydes is 1. The fourth-order valence-corrected chi connectivity index (χ4v) is 0.217. The lowest BCUT2D eigenvalue weighted by molar-refractivity contribution is -0.149. The van der Waals surface area contributed by atoms with Gasteiger partial charge in [-0.25, -0.2) is 9.59 Å². The fourth-order valence-electron chi connectivity index (χ4n) is 0.217. The zero-order valence-electron chi connectivity index (χ0n) is 4.99. The molecule has 0 aromatic heterocycles. The number of hydroxylamine groups is 1. The van der Waals surface area contributed by atoms with Crippen molar-refractivity contribution in [3.8, 4) is 0 Å². The highest BCUT2D eigenvalue weighted by molar-refractivity contribution is 5.84. The van der Waals surface area contributed by atoms with Gasteiger partial charge in [-0.2, -0.15) is 5.48 Å². The van der Waals surface area contributed by atoms with Gasteiger partial charge in [0.2, 0.25) is 0 Å². The zero-order chi connectivity index (χ0) is 7.98. The average molecular weight is 146 g/mol. The molecule has 0 saturated carbocycles. The summed E-state index contributed by atoms with van der Waals surface area (Å²) < 4.78 is 0. The largest absolute Gasteiger partial charge is 0.349 e. The Morgan fingerprint density at radius 3 is 2.60 bits per heavy atom. The monoisotopic (exact) mass is 146 g/mol. The first-order chi connectivity index (χ1) is 4.66. The lowest BCUT2D eigenvalue weighted by atomic mass is 10.5. The molecule has 6 nitrogen and oxygen atoms in total. The molecule has 3 N–H and O–H groups in total. The van der Waals surface area contributed by atoms with Crippen LogP contribution in [-0.4, -0.2) is 18.3 Å². The Balaban J connectivity index is 3.39. The molecule has 0 heterocycles. The Morgan fingerprint density at radius 1 is 1.60 bits per heavy atom. The van der Waals surface area contributed by atoms with Crippen molar-refractivity contribution in [1.29, 1.82) is 0 Å². The fraction of sp³-hybridized carbons (Fsp3) is 0.250. The smallest absolute Gasteiger partial charge is 0.345 e. The Hall–Kier alpha value is -1.59. The maximum atomic E-state index is 10.2. The van der Waals surface area contributed by atoms with Gasteiger partial charge >= 0.3 is 12.0 Å². The number of rotatable bonds is 2. The van der Waals surface area contributed by atoms with Crippen LogP contribution in [0.2, 0.25) is 0 Å². The van der Waals surface area contributed by atoms with Crippen LogP contribution in [0, 0.1) is 0 Å². The van der Waals surface area contributed by atoms with Crippen LogP contribution in [0.5, 0.6) is 0 Å². The van der Waals surface area contributed by atoms with E-state index in [9.17, 15) is 14.4 Å². The van der Waals surface area contributed by atoms with E-state index in [0.717, 1.165) is 0 Å². The number of hydrogen-bond donors (Lipinski definition) is 2. The van der Waals surface area contributed by atoms with Crippen molar-refractivity contribution in [3.05, 3.63) is 0 Å². The Labute approximate surface area is 56.3 Å². The first-order valence-electron chi connectivity index (χ1n) is 2.35. The number of hydrogen-bond acceptors (Lipinski definition) is 4. The Kier molecular flexibility index (Phi) is 3.62. The summed E-state index contributed by atoms with van der Waals surface area (Å²) in [5.74, 6) is -0.853. The molecule has 0 atom stereocenters. The van der Waals surface area contributed by atoms with E-state index < -0.39 is 18.4 Å². The molecule has 6 heteroatoms. The zero-order valence-corrected chi connectivity index (χ0v) is 4.99. The summed E-state index contributed by atoms with van der Waals surface area (Å²) in [5, 5.41) is 0. The van der Waals surface area contributed by atoms with Gasteiger partial charge in [0.15, 0.2) is 0 Å². The first kappa shape index (κ1) is 8.41. The molecule has 0 unspecified atom stereocenters. The summed E-state index contributed by atoms with van der Waals surface area (Å²) in [6.45, 7) is 0.